The molecule has 0 aliphatic rings. The van der Waals surface area contributed by atoms with Crippen LogP contribution in [0.15, 0.2) is 12.1 Å². The molecule has 0 aromatic heterocycles. The van der Waals surface area contributed by atoms with Gasteiger partial charge in [-0.05, 0) is 13.1 Å². The number of benzene rings is 1. The van der Waals surface area contributed by atoms with Crippen molar-refractivity contribution in [1.29, 1.82) is 0 Å². The third kappa shape index (κ3) is 2.89. The van der Waals surface area contributed by atoms with Gasteiger partial charge in [-0.1, -0.05) is 0 Å². The second-order valence-corrected chi connectivity index (χ2v) is 3.80. The van der Waals surface area contributed by atoms with Crippen molar-refractivity contribution in [3.8, 4) is 11.5 Å². The third-order valence-corrected chi connectivity index (χ3v) is 2.47. The fourth-order valence-corrected chi connectivity index (χ4v) is 1.53. The van der Waals surface area contributed by atoms with Crippen molar-refractivity contribution in [2.75, 3.05) is 13.6 Å². The first-order valence-corrected chi connectivity index (χ1v) is 5.18. The first kappa shape index (κ1) is 14.2. The Kier molecular flexibility index (Phi) is 4.49. The lowest BCUT2D eigenvalue weighted by atomic mass is 10.00. The molecule has 0 saturated carbocycles. The van der Waals surface area contributed by atoms with Crippen LogP contribution in [0.25, 0.3) is 0 Å². The molecule has 6 N–H and O–H groups in total. The van der Waals surface area contributed by atoms with Crippen molar-refractivity contribution in [1.82, 2.24) is 5.32 Å². The quantitative estimate of drug-likeness (QED) is 0.415. The molecule has 0 bridgehead atoms. The molecule has 7 nitrogen and oxygen atoms in total. The molecular weight excluding hydrogens is 242 g/mol. The predicted molar refractivity (Wildman–Crippen MR) is 61.6 cm³/mol. The molecule has 0 amide bonds. The summed E-state index contributed by atoms with van der Waals surface area (Å²) in [5, 5.41) is 49.6. The van der Waals surface area contributed by atoms with Gasteiger partial charge in [0.05, 0.1) is 6.10 Å². The van der Waals surface area contributed by atoms with E-state index in [0.29, 0.717) is 0 Å². The largest absolute Gasteiger partial charge is 0.507 e. The number of hydrogen-bond acceptors (Lipinski definition) is 6. The second kappa shape index (κ2) is 5.67. The summed E-state index contributed by atoms with van der Waals surface area (Å²) < 4.78 is 0. The van der Waals surface area contributed by atoms with Crippen LogP contribution in [0.3, 0.4) is 0 Å². The summed E-state index contributed by atoms with van der Waals surface area (Å²) in [6.45, 7) is 0.0594. The minimum atomic E-state index is -1.46. The van der Waals surface area contributed by atoms with Gasteiger partial charge in [0, 0.05) is 18.2 Å². The Hall–Kier alpha value is -1.83. The normalized spacial score (nSPS) is 14.2. The van der Waals surface area contributed by atoms with E-state index in [-0.39, 0.29) is 12.1 Å². The summed E-state index contributed by atoms with van der Waals surface area (Å²) in [6, 6.07) is 1.74. The summed E-state index contributed by atoms with van der Waals surface area (Å²) in [5.74, 6) is -2.50. The van der Waals surface area contributed by atoms with Crippen molar-refractivity contribution < 1.29 is 30.3 Å². The smallest absolute Gasteiger partial charge is 0.339 e. The number of carboxylic acid groups (broad SMARTS) is 1. The highest BCUT2D eigenvalue weighted by atomic mass is 16.4. The molecule has 1 rings (SSSR count). The van der Waals surface area contributed by atoms with Gasteiger partial charge in [0.25, 0.3) is 0 Å². The van der Waals surface area contributed by atoms with Gasteiger partial charge < -0.3 is 30.8 Å². The lowest BCUT2D eigenvalue weighted by Gasteiger charge is -2.19. The van der Waals surface area contributed by atoms with Crippen LogP contribution in [-0.2, 0) is 0 Å². The number of nitrogens with one attached hydrogen (secondary N) is 1. The molecule has 2 atom stereocenters. The monoisotopic (exact) mass is 257 g/mol. The van der Waals surface area contributed by atoms with E-state index in [1.807, 2.05) is 0 Å². The number of rotatable bonds is 5. The number of likely N-dealkylation sites (N-methyl/N-ethyl adjacent to an activating group) is 1. The molecule has 100 valence electrons. The Labute approximate surface area is 103 Å². The molecule has 1 aromatic rings. The molecule has 7 heteroatoms. The molecule has 18 heavy (non-hydrogen) atoms. The number of hydrogen-bond donors (Lipinski definition) is 6. The van der Waals surface area contributed by atoms with Gasteiger partial charge in [0.2, 0.25) is 0 Å². The highest BCUT2D eigenvalue weighted by Gasteiger charge is 2.24. The van der Waals surface area contributed by atoms with Crippen molar-refractivity contribution in [3.63, 3.8) is 0 Å². The lowest BCUT2D eigenvalue weighted by Crippen LogP contribution is -2.29. The molecule has 0 saturated heterocycles. The molecule has 2 unspecified atom stereocenters. The summed E-state index contributed by atoms with van der Waals surface area (Å²) in [4.78, 5) is 10.8. The van der Waals surface area contributed by atoms with Gasteiger partial charge in [0.15, 0.2) is 0 Å². The topological polar surface area (TPSA) is 130 Å². The SMILES string of the molecule is CNCC(O)C(O)c1cc(C(=O)O)c(O)cc1O. The van der Waals surface area contributed by atoms with Crippen LogP contribution in [0.5, 0.6) is 11.5 Å². The molecule has 0 aliphatic carbocycles. The van der Waals surface area contributed by atoms with Crippen LogP contribution in [0, 0.1) is 0 Å². The van der Waals surface area contributed by atoms with E-state index in [4.69, 9.17) is 5.11 Å². The summed E-state index contributed by atoms with van der Waals surface area (Å²) in [7, 11) is 1.56. The zero-order chi connectivity index (χ0) is 13.9. The summed E-state index contributed by atoms with van der Waals surface area (Å²) >= 11 is 0. The lowest BCUT2D eigenvalue weighted by molar-refractivity contribution is 0.0188. The predicted octanol–water partition coefficient (Wildman–Crippen LogP) is -0.590. The van der Waals surface area contributed by atoms with Gasteiger partial charge in [0.1, 0.15) is 23.2 Å². The van der Waals surface area contributed by atoms with Crippen LogP contribution in [0.1, 0.15) is 22.0 Å². The van der Waals surface area contributed by atoms with Gasteiger partial charge in [-0.3, -0.25) is 0 Å². The Morgan fingerprint density at radius 2 is 1.89 bits per heavy atom. The number of phenols is 2. The molecule has 1 aromatic carbocycles. The minimum Gasteiger partial charge on any atom is -0.507 e. The minimum absolute atomic E-state index is 0.0594. The standard InChI is InChI=1S/C11H15NO6/c1-12-4-9(15)10(16)5-2-6(11(17)18)8(14)3-7(5)13/h2-3,9-10,12-16H,4H2,1H3,(H,17,18). The van der Waals surface area contributed by atoms with E-state index in [1.165, 1.54) is 0 Å². The van der Waals surface area contributed by atoms with E-state index in [2.05, 4.69) is 5.32 Å². The zero-order valence-corrected chi connectivity index (χ0v) is 9.66. The maximum Gasteiger partial charge on any atom is 0.339 e. The van der Waals surface area contributed by atoms with Gasteiger partial charge in [-0.15, -0.1) is 0 Å². The molecule has 0 aliphatic heterocycles. The van der Waals surface area contributed by atoms with E-state index in [0.717, 1.165) is 12.1 Å². The number of aliphatic hydroxyl groups excluding tert-OH is 2. The second-order valence-electron chi connectivity index (χ2n) is 3.80. The number of phenolic OH excluding ortho intramolecular Hbond substituents is 1. The van der Waals surface area contributed by atoms with Crippen LogP contribution in [-0.4, -0.2) is 51.2 Å². The van der Waals surface area contributed by atoms with Crippen LogP contribution < -0.4 is 5.32 Å². The van der Waals surface area contributed by atoms with Crippen LogP contribution >= 0.6 is 0 Å². The van der Waals surface area contributed by atoms with Gasteiger partial charge >= 0.3 is 5.97 Å². The molecular formula is C11H15NO6. The molecule has 0 spiro atoms. The maximum absolute atomic E-state index is 10.8. The molecule has 0 radical (unpaired) electrons. The van der Waals surface area contributed by atoms with Gasteiger partial charge in [-0.2, -0.15) is 0 Å². The number of aromatic hydroxyl groups is 2. The van der Waals surface area contributed by atoms with E-state index in [1.54, 1.807) is 7.05 Å². The number of aliphatic hydroxyl groups is 2. The Bertz CT molecular complexity index is 447. The summed E-state index contributed by atoms with van der Waals surface area (Å²) in [5.41, 5.74) is -0.619. The highest BCUT2D eigenvalue weighted by molar-refractivity contribution is 5.91. The maximum atomic E-state index is 10.8. The average Bonchev–Trinajstić information content (AvgIpc) is 2.28. The van der Waals surface area contributed by atoms with Crippen molar-refractivity contribution in [3.05, 3.63) is 23.3 Å². The zero-order valence-electron chi connectivity index (χ0n) is 9.66. The Morgan fingerprint density at radius 3 is 2.39 bits per heavy atom. The van der Waals surface area contributed by atoms with Crippen molar-refractivity contribution in [2.45, 2.75) is 12.2 Å². The van der Waals surface area contributed by atoms with E-state index < -0.39 is 35.2 Å². The summed E-state index contributed by atoms with van der Waals surface area (Å²) in [6.07, 6.45) is -2.68. The fourth-order valence-electron chi connectivity index (χ4n) is 1.53. The Morgan fingerprint density at radius 1 is 1.28 bits per heavy atom. The first-order chi connectivity index (χ1) is 8.38. The van der Waals surface area contributed by atoms with Crippen LogP contribution in [0.4, 0.5) is 0 Å². The van der Waals surface area contributed by atoms with Crippen LogP contribution in [0.2, 0.25) is 0 Å². The molecule has 0 heterocycles. The fraction of sp³-hybridized carbons (Fsp3) is 0.364. The first-order valence-electron chi connectivity index (χ1n) is 5.18. The molecule has 0 fully saturated rings. The highest BCUT2D eigenvalue weighted by Crippen LogP contribution is 2.32. The van der Waals surface area contributed by atoms with E-state index >= 15 is 0 Å². The van der Waals surface area contributed by atoms with E-state index in [9.17, 15) is 25.2 Å². The third-order valence-electron chi connectivity index (χ3n) is 2.47. The van der Waals surface area contributed by atoms with Crippen molar-refractivity contribution >= 4 is 5.97 Å². The number of carbonyl (C=O) groups is 1. The number of aromatic carboxylic acids is 1. The Balaban J connectivity index is 3.15. The van der Waals surface area contributed by atoms with Gasteiger partial charge in [-0.25, -0.2) is 4.79 Å². The number of carboxylic acids is 1. The average molecular weight is 257 g/mol. The van der Waals surface area contributed by atoms with Crippen molar-refractivity contribution in [2.24, 2.45) is 0 Å².